The monoisotopic (exact) mass is 414 g/mol. The molecule has 0 spiro atoms. The summed E-state index contributed by atoms with van der Waals surface area (Å²) >= 11 is 0. The second-order valence-electron chi connectivity index (χ2n) is 8.53. The van der Waals surface area contributed by atoms with Gasteiger partial charge in [0.1, 0.15) is 0 Å². The fourth-order valence-electron chi connectivity index (χ4n) is 3.97. The predicted octanol–water partition coefficient (Wildman–Crippen LogP) is 6.85. The van der Waals surface area contributed by atoms with Crippen molar-refractivity contribution < 1.29 is 0 Å². The largest absolute Gasteiger partial charge is 0.251 e. The van der Waals surface area contributed by atoms with Crippen LogP contribution in [-0.2, 0) is 0 Å². The quantitative estimate of drug-likeness (QED) is 0.430. The van der Waals surface area contributed by atoms with Gasteiger partial charge in [-0.3, -0.25) is 9.97 Å². The number of hydrogen-bond donors (Lipinski definition) is 0. The van der Waals surface area contributed by atoms with Crippen molar-refractivity contribution in [3.05, 3.63) is 61.5 Å². The van der Waals surface area contributed by atoms with Gasteiger partial charge in [0.25, 0.3) is 0 Å². The van der Waals surface area contributed by atoms with Crippen LogP contribution >= 0.6 is 0 Å². The summed E-state index contributed by atoms with van der Waals surface area (Å²) in [7, 11) is 0. The molecule has 3 nitrogen and oxygen atoms in total. The number of pyridine rings is 3. The molecule has 3 rings (SSSR count). The molecule has 4 heteroatoms. The van der Waals surface area contributed by atoms with Crippen molar-refractivity contribution in [2.75, 3.05) is 0 Å². The highest BCUT2D eigenvalue weighted by Gasteiger charge is 2.21. The number of rotatable bonds is 2. The number of nitrogens with zero attached hydrogens (tertiary/aromatic N) is 3. The fraction of sp³-hybridized carbons (Fsp3) is 0.444. The molecule has 31 heavy (non-hydrogen) atoms. The van der Waals surface area contributed by atoms with E-state index in [0.29, 0.717) is 0 Å². The van der Waals surface area contributed by atoms with Gasteiger partial charge in [0.15, 0.2) is 0 Å². The Kier molecular flexibility index (Phi) is 8.00. The zero-order valence-corrected chi connectivity index (χ0v) is 20.4. The molecule has 3 radical (unpaired) electrons. The van der Waals surface area contributed by atoms with E-state index in [-0.39, 0.29) is 15.8 Å². The molecule has 0 saturated carbocycles. The van der Waals surface area contributed by atoms with Gasteiger partial charge in [0, 0.05) is 19.8 Å². The molecule has 163 valence electrons. The van der Waals surface area contributed by atoms with Gasteiger partial charge in [-0.2, -0.15) is 0 Å². The molecule has 3 aromatic rings. The molecule has 0 atom stereocenters. The SMILES string of the molecule is C.Cc1nc(-c2nc(-c3nc(C)c(C)c(C)c3C)c(C)c(C)c2C)c(C)c(C)c1C.[B]. The average Bonchev–Trinajstić information content (AvgIpc) is 2.69. The van der Waals surface area contributed by atoms with Crippen molar-refractivity contribution in [3.63, 3.8) is 0 Å². The second kappa shape index (κ2) is 9.34. The van der Waals surface area contributed by atoms with Crippen LogP contribution in [0.15, 0.2) is 0 Å². The lowest BCUT2D eigenvalue weighted by molar-refractivity contribution is 1.05. The maximum absolute atomic E-state index is 5.19. The minimum Gasteiger partial charge on any atom is -0.251 e. The zero-order valence-electron chi connectivity index (χ0n) is 20.4. The Morgan fingerprint density at radius 1 is 0.323 bits per heavy atom. The Labute approximate surface area is 191 Å². The van der Waals surface area contributed by atoms with Crippen molar-refractivity contribution in [1.82, 2.24) is 15.0 Å². The van der Waals surface area contributed by atoms with Crippen LogP contribution in [0.1, 0.15) is 68.9 Å². The smallest absolute Gasteiger partial charge is 0.0929 e. The van der Waals surface area contributed by atoms with Gasteiger partial charge in [-0.05, 0) is 126 Å². The second-order valence-corrected chi connectivity index (χ2v) is 8.53. The molecular weight excluding hydrogens is 377 g/mol. The van der Waals surface area contributed by atoms with Gasteiger partial charge in [-0.15, -0.1) is 0 Å². The van der Waals surface area contributed by atoms with Crippen LogP contribution < -0.4 is 0 Å². The first kappa shape index (κ1) is 26.6. The summed E-state index contributed by atoms with van der Waals surface area (Å²) in [5.74, 6) is 0. The first-order valence-electron chi connectivity index (χ1n) is 10.3. The van der Waals surface area contributed by atoms with E-state index >= 15 is 0 Å². The van der Waals surface area contributed by atoms with Crippen molar-refractivity contribution in [2.24, 2.45) is 0 Å². The number of aryl methyl sites for hydroxylation is 2. The molecule has 0 saturated heterocycles. The van der Waals surface area contributed by atoms with Crippen molar-refractivity contribution in [1.29, 1.82) is 0 Å². The zero-order chi connectivity index (χ0) is 21.8. The summed E-state index contributed by atoms with van der Waals surface area (Å²) in [5.41, 5.74) is 17.3. The molecule has 0 amide bonds. The molecule has 0 aliphatic rings. The van der Waals surface area contributed by atoms with Gasteiger partial charge in [0.05, 0.1) is 22.8 Å². The highest BCUT2D eigenvalue weighted by atomic mass is 14.8. The van der Waals surface area contributed by atoms with Crippen LogP contribution in [0.3, 0.4) is 0 Å². The molecule has 0 bridgehead atoms. The topological polar surface area (TPSA) is 38.7 Å². The summed E-state index contributed by atoms with van der Waals surface area (Å²) < 4.78 is 0. The maximum Gasteiger partial charge on any atom is 0.0929 e. The number of aromatic nitrogens is 3. The Morgan fingerprint density at radius 2 is 0.548 bits per heavy atom. The molecule has 0 N–H and O–H groups in total. The first-order valence-corrected chi connectivity index (χ1v) is 10.3. The lowest BCUT2D eigenvalue weighted by Crippen LogP contribution is -2.07. The average molecular weight is 414 g/mol. The molecule has 0 aromatic carbocycles. The van der Waals surface area contributed by atoms with Crippen LogP contribution in [-0.4, -0.2) is 23.4 Å². The fourth-order valence-corrected chi connectivity index (χ4v) is 3.97. The van der Waals surface area contributed by atoms with Crippen molar-refractivity contribution in [2.45, 2.75) is 83.6 Å². The van der Waals surface area contributed by atoms with Crippen LogP contribution in [0.2, 0.25) is 0 Å². The van der Waals surface area contributed by atoms with E-state index in [1.807, 2.05) is 0 Å². The maximum atomic E-state index is 5.19. The Hall–Kier alpha value is -2.49. The van der Waals surface area contributed by atoms with E-state index in [4.69, 9.17) is 15.0 Å². The molecule has 3 heterocycles. The third-order valence-corrected chi connectivity index (χ3v) is 7.11. The highest BCUT2D eigenvalue weighted by molar-refractivity contribution is 5.76. The van der Waals surface area contributed by atoms with Crippen LogP contribution in [0.4, 0.5) is 0 Å². The lowest BCUT2D eigenvalue weighted by atomic mass is 9.93. The van der Waals surface area contributed by atoms with E-state index in [2.05, 4.69) is 76.2 Å². The minimum absolute atomic E-state index is 0. The van der Waals surface area contributed by atoms with E-state index in [9.17, 15) is 0 Å². The Bertz CT molecular complexity index is 1070. The minimum atomic E-state index is 0. The van der Waals surface area contributed by atoms with E-state index in [1.165, 1.54) is 50.1 Å². The summed E-state index contributed by atoms with van der Waals surface area (Å²) in [6.07, 6.45) is 0. The molecule has 0 unspecified atom stereocenters. The van der Waals surface area contributed by atoms with E-state index in [0.717, 1.165) is 34.2 Å². The lowest BCUT2D eigenvalue weighted by Gasteiger charge is -2.20. The standard InChI is InChI=1S/C26H33N3.CH4.B/c1-12-15(4)21(10)27-23(17(12)6)25-19(8)14(3)20(9)26(29-25)24-18(7)13(2)16(5)22(11)28-24;;/h1-11H3;1H4;. The predicted molar refractivity (Wildman–Crippen MR) is 135 cm³/mol. The summed E-state index contributed by atoms with van der Waals surface area (Å²) in [5, 5.41) is 0. The van der Waals surface area contributed by atoms with Crippen LogP contribution in [0.5, 0.6) is 0 Å². The van der Waals surface area contributed by atoms with Crippen molar-refractivity contribution >= 4 is 8.41 Å². The molecule has 0 aliphatic heterocycles. The van der Waals surface area contributed by atoms with Crippen LogP contribution in [0, 0.1) is 76.2 Å². The molecule has 0 fully saturated rings. The highest BCUT2D eigenvalue weighted by Crippen LogP contribution is 2.35. The summed E-state index contributed by atoms with van der Waals surface area (Å²) in [4.78, 5) is 15.1. The Balaban J connectivity index is 0.00000240. The van der Waals surface area contributed by atoms with Crippen molar-refractivity contribution in [3.8, 4) is 22.8 Å². The molecular formula is C27H37BN3. The summed E-state index contributed by atoms with van der Waals surface area (Å²) in [6, 6.07) is 0. The van der Waals surface area contributed by atoms with Gasteiger partial charge in [-0.1, -0.05) is 7.43 Å². The normalized spacial score (nSPS) is 10.5. The Morgan fingerprint density at radius 3 is 0.839 bits per heavy atom. The number of hydrogen-bond acceptors (Lipinski definition) is 3. The summed E-state index contributed by atoms with van der Waals surface area (Å²) in [6.45, 7) is 23.6. The van der Waals surface area contributed by atoms with E-state index < -0.39 is 0 Å². The molecule has 0 aliphatic carbocycles. The first-order chi connectivity index (χ1) is 13.5. The van der Waals surface area contributed by atoms with Gasteiger partial charge in [0.2, 0.25) is 0 Å². The molecule has 3 aromatic heterocycles. The van der Waals surface area contributed by atoms with E-state index in [1.54, 1.807) is 0 Å². The third-order valence-electron chi connectivity index (χ3n) is 7.11. The third kappa shape index (κ3) is 4.17. The van der Waals surface area contributed by atoms with Crippen LogP contribution in [0.25, 0.3) is 22.8 Å². The van der Waals surface area contributed by atoms with Gasteiger partial charge < -0.3 is 0 Å². The van der Waals surface area contributed by atoms with Gasteiger partial charge in [-0.25, -0.2) is 4.98 Å². The van der Waals surface area contributed by atoms with Gasteiger partial charge >= 0.3 is 0 Å².